The van der Waals surface area contributed by atoms with E-state index in [0.717, 1.165) is 0 Å². The van der Waals surface area contributed by atoms with Crippen LogP contribution in [-0.4, -0.2) is 35.9 Å². The van der Waals surface area contributed by atoms with Crippen molar-refractivity contribution < 1.29 is 24.2 Å². The van der Waals surface area contributed by atoms with Crippen LogP contribution in [0.4, 0.5) is 0 Å². The Morgan fingerprint density at radius 3 is 1.91 bits per heavy atom. The van der Waals surface area contributed by atoms with Crippen LogP contribution in [0.3, 0.4) is 0 Å². The lowest BCUT2D eigenvalue weighted by Crippen LogP contribution is -2.33. The first-order valence-corrected chi connectivity index (χ1v) is 7.24. The summed E-state index contributed by atoms with van der Waals surface area (Å²) in [5.41, 5.74) is 0.793. The smallest absolute Gasteiger partial charge is 0.338 e. The second-order valence-corrected chi connectivity index (χ2v) is 5.01. The van der Waals surface area contributed by atoms with Gasteiger partial charge in [0.05, 0.1) is 11.1 Å². The Morgan fingerprint density at radius 1 is 0.913 bits per heavy atom. The van der Waals surface area contributed by atoms with E-state index in [2.05, 4.69) is 0 Å². The number of carbonyl (C=O) groups is 2. The van der Waals surface area contributed by atoms with Gasteiger partial charge in [-0.05, 0) is 31.2 Å². The molecular formula is C18H18O5. The number of rotatable bonds is 6. The summed E-state index contributed by atoms with van der Waals surface area (Å²) in [4.78, 5) is 23.7. The van der Waals surface area contributed by atoms with Gasteiger partial charge in [-0.15, -0.1) is 0 Å². The van der Waals surface area contributed by atoms with Gasteiger partial charge in [0.2, 0.25) is 0 Å². The van der Waals surface area contributed by atoms with Gasteiger partial charge in [0, 0.05) is 0 Å². The number of aliphatic hydroxyl groups is 1. The maximum atomic E-state index is 11.9. The Hall–Kier alpha value is -2.66. The van der Waals surface area contributed by atoms with E-state index in [1.165, 1.54) is 0 Å². The number of hydrogen-bond donors (Lipinski definition) is 1. The highest BCUT2D eigenvalue weighted by atomic mass is 16.6. The van der Waals surface area contributed by atoms with E-state index in [-0.39, 0.29) is 6.61 Å². The summed E-state index contributed by atoms with van der Waals surface area (Å²) < 4.78 is 10.2. The number of benzene rings is 2. The summed E-state index contributed by atoms with van der Waals surface area (Å²) in [5.74, 6) is -1.07. The monoisotopic (exact) mass is 314 g/mol. The first-order chi connectivity index (χ1) is 11.1. The van der Waals surface area contributed by atoms with E-state index in [0.29, 0.717) is 11.1 Å². The maximum Gasteiger partial charge on any atom is 0.338 e. The van der Waals surface area contributed by atoms with E-state index >= 15 is 0 Å². The van der Waals surface area contributed by atoms with Crippen molar-refractivity contribution in [3.05, 3.63) is 71.8 Å². The number of carbonyl (C=O) groups excluding carboxylic acids is 2. The molecule has 0 fully saturated rings. The summed E-state index contributed by atoms with van der Waals surface area (Å²) in [6.45, 7) is 1.29. The summed E-state index contributed by atoms with van der Waals surface area (Å²) in [6, 6.07) is 16.9. The molecule has 23 heavy (non-hydrogen) atoms. The van der Waals surface area contributed by atoms with Crippen molar-refractivity contribution in [2.45, 2.75) is 19.1 Å². The van der Waals surface area contributed by atoms with Crippen LogP contribution in [-0.2, 0) is 9.47 Å². The van der Waals surface area contributed by atoms with Crippen LogP contribution in [0.25, 0.3) is 0 Å². The summed E-state index contributed by atoms with van der Waals surface area (Å²) in [5, 5.41) is 9.95. The molecule has 0 radical (unpaired) electrons. The van der Waals surface area contributed by atoms with Crippen molar-refractivity contribution in [1.29, 1.82) is 0 Å². The second kappa shape index (κ2) is 8.10. The minimum absolute atomic E-state index is 0.253. The predicted octanol–water partition coefficient (Wildman–Crippen LogP) is 2.45. The van der Waals surface area contributed by atoms with E-state index in [1.807, 2.05) is 0 Å². The van der Waals surface area contributed by atoms with Crippen molar-refractivity contribution in [1.82, 2.24) is 0 Å². The highest BCUT2D eigenvalue weighted by molar-refractivity contribution is 5.89. The third-order valence-electron chi connectivity index (χ3n) is 3.24. The molecule has 1 N–H and O–H groups in total. The molecule has 0 heterocycles. The molecule has 2 rings (SSSR count). The second-order valence-electron chi connectivity index (χ2n) is 5.01. The summed E-state index contributed by atoms with van der Waals surface area (Å²) in [7, 11) is 0. The molecule has 5 nitrogen and oxygen atoms in total. The highest BCUT2D eigenvalue weighted by Gasteiger charge is 2.21. The molecule has 0 bridgehead atoms. The normalized spacial score (nSPS) is 13.0. The van der Waals surface area contributed by atoms with Gasteiger partial charge in [-0.1, -0.05) is 36.4 Å². The van der Waals surface area contributed by atoms with Crippen molar-refractivity contribution >= 4 is 11.9 Å². The SMILES string of the molecule is C[C@H](OC(=O)c1ccccc1)[C@H](O)COC(=O)c1ccccc1. The molecule has 2 atom stereocenters. The molecule has 0 amide bonds. The van der Waals surface area contributed by atoms with E-state index < -0.39 is 24.1 Å². The largest absolute Gasteiger partial charge is 0.459 e. The van der Waals surface area contributed by atoms with Crippen LogP contribution in [0.15, 0.2) is 60.7 Å². The molecule has 2 aromatic carbocycles. The first kappa shape index (κ1) is 16.7. The van der Waals surface area contributed by atoms with Crippen LogP contribution >= 0.6 is 0 Å². The van der Waals surface area contributed by atoms with E-state index in [1.54, 1.807) is 67.6 Å². The molecular weight excluding hydrogens is 296 g/mol. The molecule has 0 aliphatic heterocycles. The molecule has 0 saturated carbocycles. The first-order valence-electron chi connectivity index (χ1n) is 7.24. The average Bonchev–Trinajstić information content (AvgIpc) is 2.60. The van der Waals surface area contributed by atoms with Gasteiger partial charge in [-0.3, -0.25) is 0 Å². The topological polar surface area (TPSA) is 72.8 Å². The van der Waals surface area contributed by atoms with E-state index in [9.17, 15) is 14.7 Å². The van der Waals surface area contributed by atoms with Crippen LogP contribution in [0.1, 0.15) is 27.6 Å². The van der Waals surface area contributed by atoms with Crippen molar-refractivity contribution in [2.75, 3.05) is 6.61 Å². The fraction of sp³-hybridized carbons (Fsp3) is 0.222. The number of esters is 2. The van der Waals surface area contributed by atoms with Crippen molar-refractivity contribution in [3.8, 4) is 0 Å². The average molecular weight is 314 g/mol. The molecule has 0 aliphatic carbocycles. The lowest BCUT2D eigenvalue weighted by Gasteiger charge is -2.19. The number of hydrogen-bond acceptors (Lipinski definition) is 5. The molecule has 0 aromatic heterocycles. The lowest BCUT2D eigenvalue weighted by molar-refractivity contribution is -0.0369. The lowest BCUT2D eigenvalue weighted by atomic mass is 10.2. The van der Waals surface area contributed by atoms with Crippen LogP contribution in [0, 0.1) is 0 Å². The van der Waals surface area contributed by atoms with Gasteiger partial charge in [0.25, 0.3) is 0 Å². The van der Waals surface area contributed by atoms with Gasteiger partial charge >= 0.3 is 11.9 Å². The molecule has 120 valence electrons. The zero-order valence-electron chi connectivity index (χ0n) is 12.7. The number of aliphatic hydroxyl groups excluding tert-OH is 1. The van der Waals surface area contributed by atoms with Crippen LogP contribution in [0.2, 0.25) is 0 Å². The summed E-state index contributed by atoms with van der Waals surface area (Å²) in [6.07, 6.45) is -1.90. The number of ether oxygens (including phenoxy) is 2. The van der Waals surface area contributed by atoms with E-state index in [4.69, 9.17) is 9.47 Å². The van der Waals surface area contributed by atoms with Gasteiger partial charge in [-0.25, -0.2) is 9.59 Å². The van der Waals surface area contributed by atoms with Gasteiger partial charge in [0.1, 0.15) is 18.8 Å². The molecule has 0 unspecified atom stereocenters. The molecule has 0 spiro atoms. The Bertz CT molecular complexity index is 639. The minimum atomic E-state index is -1.10. The predicted molar refractivity (Wildman–Crippen MR) is 84.1 cm³/mol. The van der Waals surface area contributed by atoms with Gasteiger partial charge in [0.15, 0.2) is 0 Å². The van der Waals surface area contributed by atoms with Gasteiger partial charge < -0.3 is 14.6 Å². The summed E-state index contributed by atoms with van der Waals surface area (Å²) >= 11 is 0. The zero-order chi connectivity index (χ0) is 16.7. The highest BCUT2D eigenvalue weighted by Crippen LogP contribution is 2.08. The van der Waals surface area contributed by atoms with Crippen molar-refractivity contribution in [3.63, 3.8) is 0 Å². The molecule has 0 saturated heterocycles. The quantitative estimate of drug-likeness (QED) is 0.829. The fourth-order valence-corrected chi connectivity index (χ4v) is 1.84. The fourth-order valence-electron chi connectivity index (χ4n) is 1.84. The van der Waals surface area contributed by atoms with Crippen LogP contribution in [0.5, 0.6) is 0 Å². The molecule has 2 aromatic rings. The van der Waals surface area contributed by atoms with Crippen molar-refractivity contribution in [2.24, 2.45) is 0 Å². The molecule has 5 heteroatoms. The maximum absolute atomic E-state index is 11.9. The Kier molecular flexibility index (Phi) is 5.88. The third-order valence-corrected chi connectivity index (χ3v) is 3.24. The third kappa shape index (κ3) is 4.93. The minimum Gasteiger partial charge on any atom is -0.459 e. The Balaban J connectivity index is 1.82. The standard InChI is InChI=1S/C18H18O5/c1-13(23-18(21)15-10-6-3-7-11-15)16(19)12-22-17(20)14-8-4-2-5-9-14/h2-11,13,16,19H,12H2,1H3/t13-,16+/m0/s1. The Labute approximate surface area is 134 Å². The zero-order valence-corrected chi connectivity index (χ0v) is 12.7. The van der Waals surface area contributed by atoms with Crippen LogP contribution < -0.4 is 0 Å². The van der Waals surface area contributed by atoms with Gasteiger partial charge in [-0.2, -0.15) is 0 Å². The Morgan fingerprint density at radius 2 is 1.39 bits per heavy atom. The molecule has 0 aliphatic rings.